The number of aryl methyl sites for hydroxylation is 1. The number of nitrogens with zero attached hydrogens (tertiary/aromatic N) is 1. The van der Waals surface area contributed by atoms with E-state index in [1.807, 2.05) is 25.1 Å². The highest BCUT2D eigenvalue weighted by Gasteiger charge is 2.40. The molecule has 2 atom stereocenters. The number of benzene rings is 1. The summed E-state index contributed by atoms with van der Waals surface area (Å²) < 4.78 is 1.33. The summed E-state index contributed by atoms with van der Waals surface area (Å²) >= 11 is 0. The first-order chi connectivity index (χ1) is 10.0. The molecule has 0 amide bonds. The van der Waals surface area contributed by atoms with Crippen LogP contribution in [0.1, 0.15) is 31.4 Å². The molecule has 0 saturated heterocycles. The summed E-state index contributed by atoms with van der Waals surface area (Å²) in [6, 6.07) is 7.31. The molecule has 2 aromatic rings. The summed E-state index contributed by atoms with van der Waals surface area (Å²) in [6.45, 7) is 3.93. The first-order valence-corrected chi connectivity index (χ1v) is 7.18. The fraction of sp³-hybridized carbons (Fsp3) is 0.375. The number of hydrogen-bond acceptors (Lipinski definition) is 3. The van der Waals surface area contributed by atoms with Crippen molar-refractivity contribution in [3.63, 3.8) is 0 Å². The van der Waals surface area contributed by atoms with E-state index in [-0.39, 0.29) is 17.5 Å². The summed E-state index contributed by atoms with van der Waals surface area (Å²) in [6.07, 6.45) is 1.82. The van der Waals surface area contributed by atoms with Gasteiger partial charge in [-0.3, -0.25) is 14.3 Å². The van der Waals surface area contributed by atoms with Crippen molar-refractivity contribution in [1.82, 2.24) is 9.55 Å². The molecule has 5 nitrogen and oxygen atoms in total. The number of H-pyrrole nitrogens is 1. The SMILES string of the molecule is CCC1CC1n1c(O)c(-c2ccccc2C)c(=O)[nH]c1=O. The van der Waals surface area contributed by atoms with E-state index >= 15 is 0 Å². The molecule has 5 heteroatoms. The van der Waals surface area contributed by atoms with Crippen molar-refractivity contribution < 1.29 is 5.11 Å². The van der Waals surface area contributed by atoms with Gasteiger partial charge in [0, 0.05) is 6.04 Å². The standard InChI is InChI=1S/C16H18N2O3/c1-3-10-8-12(10)18-15(20)13(14(19)17-16(18)21)11-7-5-4-6-9(11)2/h4-7,10,12,20H,3,8H2,1-2H3,(H,17,19,21). The number of rotatable bonds is 3. The third-order valence-electron chi connectivity index (χ3n) is 4.27. The molecular formula is C16H18N2O3. The number of nitrogens with one attached hydrogen (secondary N) is 1. The van der Waals surface area contributed by atoms with E-state index in [2.05, 4.69) is 11.9 Å². The quantitative estimate of drug-likeness (QED) is 0.908. The highest BCUT2D eigenvalue weighted by Crippen LogP contribution is 2.47. The van der Waals surface area contributed by atoms with Gasteiger partial charge in [0.2, 0.25) is 5.88 Å². The Labute approximate surface area is 121 Å². The van der Waals surface area contributed by atoms with Crippen LogP contribution in [0.3, 0.4) is 0 Å². The van der Waals surface area contributed by atoms with E-state index in [1.54, 1.807) is 6.07 Å². The van der Waals surface area contributed by atoms with Crippen molar-refractivity contribution >= 4 is 0 Å². The van der Waals surface area contributed by atoms with Crippen LogP contribution in [0.15, 0.2) is 33.9 Å². The van der Waals surface area contributed by atoms with Crippen LogP contribution in [0.5, 0.6) is 5.88 Å². The minimum absolute atomic E-state index is 0.0119. The summed E-state index contributed by atoms with van der Waals surface area (Å²) in [7, 11) is 0. The molecule has 1 aliphatic rings. The van der Waals surface area contributed by atoms with Gasteiger partial charge in [0.1, 0.15) is 5.56 Å². The Bertz CT molecular complexity index is 804. The maximum absolute atomic E-state index is 12.1. The Morgan fingerprint density at radius 3 is 2.67 bits per heavy atom. The van der Waals surface area contributed by atoms with Gasteiger partial charge in [0.05, 0.1) is 0 Å². The molecule has 1 aliphatic carbocycles. The Morgan fingerprint density at radius 2 is 2.05 bits per heavy atom. The van der Waals surface area contributed by atoms with E-state index in [0.717, 1.165) is 18.4 Å². The summed E-state index contributed by atoms with van der Waals surface area (Å²) in [5.74, 6) is 0.170. The molecule has 0 aliphatic heterocycles. The van der Waals surface area contributed by atoms with Crippen LogP contribution in [0, 0.1) is 12.8 Å². The lowest BCUT2D eigenvalue weighted by molar-refractivity contribution is 0.398. The van der Waals surface area contributed by atoms with Crippen LogP contribution < -0.4 is 11.2 Å². The van der Waals surface area contributed by atoms with E-state index in [4.69, 9.17) is 0 Å². The lowest BCUT2D eigenvalue weighted by Gasteiger charge is -2.12. The third kappa shape index (κ3) is 2.18. The zero-order valence-corrected chi connectivity index (χ0v) is 12.1. The normalized spacial score (nSPS) is 20.5. The molecule has 3 rings (SSSR count). The summed E-state index contributed by atoms with van der Waals surface area (Å²) in [4.78, 5) is 26.5. The Kier molecular flexibility index (Phi) is 3.20. The number of aromatic hydroxyl groups is 1. The molecule has 110 valence electrons. The van der Waals surface area contributed by atoms with Crippen LogP contribution in [0.25, 0.3) is 11.1 Å². The van der Waals surface area contributed by atoms with Gasteiger partial charge in [-0.05, 0) is 30.4 Å². The Hall–Kier alpha value is -2.30. The average Bonchev–Trinajstić information content (AvgIpc) is 3.19. The largest absolute Gasteiger partial charge is 0.494 e. The first-order valence-electron chi connectivity index (χ1n) is 7.18. The predicted octanol–water partition coefficient (Wildman–Crippen LogP) is 2.19. The van der Waals surface area contributed by atoms with Crippen molar-refractivity contribution in [1.29, 1.82) is 0 Å². The fourth-order valence-corrected chi connectivity index (χ4v) is 2.93. The molecular weight excluding hydrogens is 268 g/mol. The monoisotopic (exact) mass is 286 g/mol. The van der Waals surface area contributed by atoms with Crippen LogP contribution in [-0.2, 0) is 0 Å². The molecule has 21 heavy (non-hydrogen) atoms. The lowest BCUT2D eigenvalue weighted by Crippen LogP contribution is -2.31. The van der Waals surface area contributed by atoms with Gasteiger partial charge < -0.3 is 5.11 Å². The van der Waals surface area contributed by atoms with Crippen LogP contribution >= 0.6 is 0 Å². The van der Waals surface area contributed by atoms with Gasteiger partial charge in [-0.25, -0.2) is 4.79 Å². The number of hydrogen-bond donors (Lipinski definition) is 2. The Morgan fingerprint density at radius 1 is 1.33 bits per heavy atom. The summed E-state index contributed by atoms with van der Waals surface area (Å²) in [5.41, 5.74) is 0.632. The first kappa shape index (κ1) is 13.7. The van der Waals surface area contributed by atoms with Crippen LogP contribution in [0.4, 0.5) is 0 Å². The number of aromatic nitrogens is 2. The fourth-order valence-electron chi connectivity index (χ4n) is 2.93. The molecule has 2 unspecified atom stereocenters. The summed E-state index contributed by atoms with van der Waals surface area (Å²) in [5, 5.41) is 10.5. The van der Waals surface area contributed by atoms with Gasteiger partial charge in [0.25, 0.3) is 5.56 Å². The van der Waals surface area contributed by atoms with E-state index in [9.17, 15) is 14.7 Å². The Balaban J connectivity index is 2.23. The molecule has 0 bridgehead atoms. The third-order valence-corrected chi connectivity index (χ3v) is 4.27. The van der Waals surface area contributed by atoms with E-state index in [0.29, 0.717) is 11.5 Å². The van der Waals surface area contributed by atoms with Crippen molar-refractivity contribution in [2.24, 2.45) is 5.92 Å². The van der Waals surface area contributed by atoms with Gasteiger partial charge >= 0.3 is 5.69 Å². The van der Waals surface area contributed by atoms with Crippen molar-refractivity contribution in [2.75, 3.05) is 0 Å². The molecule has 1 fully saturated rings. The second-order valence-electron chi connectivity index (χ2n) is 5.61. The molecule has 1 heterocycles. The number of aromatic amines is 1. The maximum atomic E-state index is 12.1. The molecule has 0 spiro atoms. The molecule has 1 aromatic carbocycles. The second-order valence-corrected chi connectivity index (χ2v) is 5.61. The van der Waals surface area contributed by atoms with E-state index in [1.165, 1.54) is 4.57 Å². The van der Waals surface area contributed by atoms with Gasteiger partial charge in [-0.2, -0.15) is 0 Å². The van der Waals surface area contributed by atoms with Gasteiger partial charge in [0.15, 0.2) is 0 Å². The van der Waals surface area contributed by atoms with Gasteiger partial charge in [-0.15, -0.1) is 0 Å². The van der Waals surface area contributed by atoms with Gasteiger partial charge in [-0.1, -0.05) is 37.6 Å². The predicted molar refractivity (Wildman–Crippen MR) is 80.6 cm³/mol. The highest BCUT2D eigenvalue weighted by atomic mass is 16.3. The zero-order valence-electron chi connectivity index (χ0n) is 12.1. The topological polar surface area (TPSA) is 75.1 Å². The van der Waals surface area contributed by atoms with Crippen molar-refractivity contribution in [3.8, 4) is 17.0 Å². The average molecular weight is 286 g/mol. The smallest absolute Gasteiger partial charge is 0.331 e. The van der Waals surface area contributed by atoms with Crippen molar-refractivity contribution in [2.45, 2.75) is 32.7 Å². The second kappa shape index (κ2) is 4.91. The zero-order chi connectivity index (χ0) is 15.1. The minimum Gasteiger partial charge on any atom is -0.494 e. The molecule has 0 radical (unpaired) electrons. The highest BCUT2D eigenvalue weighted by molar-refractivity contribution is 5.70. The molecule has 1 aromatic heterocycles. The molecule has 1 saturated carbocycles. The van der Waals surface area contributed by atoms with E-state index < -0.39 is 11.2 Å². The van der Waals surface area contributed by atoms with Crippen LogP contribution in [0.2, 0.25) is 0 Å². The van der Waals surface area contributed by atoms with Crippen molar-refractivity contribution in [3.05, 3.63) is 50.7 Å². The minimum atomic E-state index is -0.545. The molecule has 2 N–H and O–H groups in total. The lowest BCUT2D eigenvalue weighted by atomic mass is 10.0. The van der Waals surface area contributed by atoms with Crippen LogP contribution in [-0.4, -0.2) is 14.7 Å². The maximum Gasteiger partial charge on any atom is 0.331 e.